The number of thiophene rings is 1. The molecule has 0 aliphatic carbocycles. The molecule has 0 aliphatic rings. The minimum absolute atomic E-state index is 1.21. The summed E-state index contributed by atoms with van der Waals surface area (Å²) < 4.78 is 2.74. The number of hydrogen-bond acceptors (Lipinski definition) is 1. The minimum atomic E-state index is 1.21. The van der Waals surface area contributed by atoms with E-state index in [0.29, 0.717) is 0 Å². The van der Waals surface area contributed by atoms with E-state index < -0.39 is 0 Å². The van der Waals surface area contributed by atoms with Crippen molar-refractivity contribution in [3.63, 3.8) is 0 Å². The van der Waals surface area contributed by atoms with E-state index in [9.17, 15) is 0 Å². The maximum Gasteiger partial charge on any atom is 0.0545 e. The van der Waals surface area contributed by atoms with Crippen molar-refractivity contribution in [3.05, 3.63) is 72.8 Å². The van der Waals surface area contributed by atoms with Gasteiger partial charge >= 0.3 is 0 Å². The summed E-state index contributed by atoms with van der Waals surface area (Å²) >= 11 is 1.89. The lowest BCUT2D eigenvalue weighted by atomic mass is 10.0. The van der Waals surface area contributed by atoms with Gasteiger partial charge in [-0.25, -0.2) is 0 Å². The van der Waals surface area contributed by atoms with E-state index in [1.807, 2.05) is 25.2 Å². The summed E-state index contributed by atoms with van der Waals surface area (Å²) in [6.45, 7) is 4.00. The Labute approximate surface area is 155 Å². The second kappa shape index (κ2) is 5.86. The Balaban J connectivity index is 0.000000727. The first-order valence-corrected chi connectivity index (χ1v) is 9.95. The molecule has 6 aromatic rings. The van der Waals surface area contributed by atoms with Gasteiger partial charge in [-0.05, 0) is 12.1 Å². The number of fused-ring (bicyclic) bond motifs is 9. The van der Waals surface area contributed by atoms with E-state index in [1.54, 1.807) is 0 Å². The van der Waals surface area contributed by atoms with Crippen LogP contribution in [0, 0.1) is 0 Å². The van der Waals surface area contributed by atoms with Crippen molar-refractivity contribution in [2.75, 3.05) is 0 Å². The number of hydrogen-bond donors (Lipinski definition) is 1. The van der Waals surface area contributed by atoms with Crippen LogP contribution in [0.4, 0.5) is 0 Å². The van der Waals surface area contributed by atoms with Crippen molar-refractivity contribution >= 4 is 64.1 Å². The zero-order chi connectivity index (χ0) is 17.7. The Bertz CT molecular complexity index is 1290. The van der Waals surface area contributed by atoms with Crippen molar-refractivity contribution in [1.29, 1.82) is 0 Å². The van der Waals surface area contributed by atoms with Crippen LogP contribution in [-0.2, 0) is 0 Å². The number of H-pyrrole nitrogens is 1. The molecule has 1 N–H and O–H groups in total. The average Bonchev–Trinajstić information content (AvgIpc) is 3.28. The molecule has 0 bridgehead atoms. The van der Waals surface area contributed by atoms with Crippen LogP contribution in [0.2, 0.25) is 0 Å². The summed E-state index contributed by atoms with van der Waals surface area (Å²) in [4.78, 5) is 3.62. The van der Waals surface area contributed by atoms with Crippen LogP contribution in [0.15, 0.2) is 72.8 Å². The molecule has 26 heavy (non-hydrogen) atoms. The lowest BCUT2D eigenvalue weighted by Crippen LogP contribution is -1.76. The first-order chi connectivity index (χ1) is 12.9. The molecule has 0 saturated carbocycles. The highest BCUT2D eigenvalue weighted by atomic mass is 32.1. The first kappa shape index (κ1) is 15.4. The highest BCUT2D eigenvalue weighted by Gasteiger charge is 2.12. The van der Waals surface area contributed by atoms with Gasteiger partial charge in [0.25, 0.3) is 0 Å². The van der Waals surface area contributed by atoms with Crippen LogP contribution in [0.1, 0.15) is 13.8 Å². The number of aromatic nitrogens is 1. The number of benzene rings is 4. The molecule has 1 nitrogen and oxygen atoms in total. The molecule has 2 heteroatoms. The molecular weight excluding hydrogens is 334 g/mol. The molecule has 0 saturated heterocycles. The normalized spacial score (nSPS) is 11.5. The van der Waals surface area contributed by atoms with Gasteiger partial charge in [0, 0.05) is 47.2 Å². The van der Waals surface area contributed by atoms with Gasteiger partial charge in [-0.3, -0.25) is 0 Å². The molecule has 0 spiro atoms. The molecule has 0 unspecified atom stereocenters. The zero-order valence-electron chi connectivity index (χ0n) is 14.8. The Kier molecular flexibility index (Phi) is 3.47. The first-order valence-electron chi connectivity index (χ1n) is 9.13. The summed E-state index contributed by atoms with van der Waals surface area (Å²) in [7, 11) is 0. The topological polar surface area (TPSA) is 15.8 Å². The molecule has 6 rings (SSSR count). The van der Waals surface area contributed by atoms with E-state index in [1.165, 1.54) is 52.8 Å². The van der Waals surface area contributed by atoms with Gasteiger partial charge in [0.1, 0.15) is 0 Å². The van der Waals surface area contributed by atoms with Crippen molar-refractivity contribution in [1.82, 2.24) is 4.98 Å². The monoisotopic (exact) mass is 353 g/mol. The van der Waals surface area contributed by atoms with Crippen LogP contribution < -0.4 is 0 Å². The third kappa shape index (κ3) is 2.03. The molecule has 4 aromatic carbocycles. The fourth-order valence-electron chi connectivity index (χ4n) is 3.91. The molecule has 126 valence electrons. The maximum atomic E-state index is 3.62. The summed E-state index contributed by atoms with van der Waals surface area (Å²) in [6.07, 6.45) is 0. The molecule has 2 heterocycles. The van der Waals surface area contributed by atoms with Gasteiger partial charge in [-0.15, -0.1) is 11.3 Å². The van der Waals surface area contributed by atoms with Gasteiger partial charge in [-0.1, -0.05) is 74.5 Å². The predicted octanol–water partition coefficient (Wildman–Crippen LogP) is 7.87. The summed E-state index contributed by atoms with van der Waals surface area (Å²) in [5.41, 5.74) is 2.45. The Morgan fingerprint density at radius 3 is 1.96 bits per heavy atom. The molecule has 2 aromatic heterocycles. The summed E-state index contributed by atoms with van der Waals surface area (Å²) in [5.74, 6) is 0. The zero-order valence-corrected chi connectivity index (χ0v) is 15.7. The highest BCUT2D eigenvalue weighted by Crippen LogP contribution is 2.40. The van der Waals surface area contributed by atoms with E-state index >= 15 is 0 Å². The fourth-order valence-corrected chi connectivity index (χ4v) is 5.14. The average molecular weight is 353 g/mol. The smallest absolute Gasteiger partial charge is 0.0545 e. The predicted molar refractivity (Wildman–Crippen MR) is 118 cm³/mol. The van der Waals surface area contributed by atoms with Gasteiger partial charge in [0.2, 0.25) is 0 Å². The molecule has 0 atom stereocenters. The van der Waals surface area contributed by atoms with Crippen LogP contribution in [0.3, 0.4) is 0 Å². The van der Waals surface area contributed by atoms with E-state index in [4.69, 9.17) is 0 Å². The van der Waals surface area contributed by atoms with Crippen LogP contribution in [-0.4, -0.2) is 4.98 Å². The minimum Gasteiger partial charge on any atom is -0.354 e. The van der Waals surface area contributed by atoms with E-state index in [2.05, 4.69) is 77.8 Å². The number of aromatic amines is 1. The molecule has 0 radical (unpaired) electrons. The molecular formula is C24H19NS. The Morgan fingerprint density at radius 1 is 0.577 bits per heavy atom. The highest BCUT2D eigenvalue weighted by molar-refractivity contribution is 7.26. The molecule has 0 amide bonds. The second-order valence-corrected chi connectivity index (χ2v) is 7.35. The SMILES string of the molecule is CC.c1ccc2c(c1)[nH]c1c2ccc2c1ccc1c3ccccc3sc12. The van der Waals surface area contributed by atoms with E-state index in [-0.39, 0.29) is 0 Å². The van der Waals surface area contributed by atoms with Crippen molar-refractivity contribution < 1.29 is 0 Å². The Hall–Kier alpha value is -2.84. The van der Waals surface area contributed by atoms with Gasteiger partial charge in [0.15, 0.2) is 0 Å². The molecule has 0 fully saturated rings. The van der Waals surface area contributed by atoms with Gasteiger partial charge in [-0.2, -0.15) is 0 Å². The Morgan fingerprint density at radius 2 is 1.15 bits per heavy atom. The van der Waals surface area contributed by atoms with Crippen LogP contribution in [0.5, 0.6) is 0 Å². The second-order valence-electron chi connectivity index (χ2n) is 6.29. The largest absolute Gasteiger partial charge is 0.354 e. The van der Waals surface area contributed by atoms with Crippen molar-refractivity contribution in [3.8, 4) is 0 Å². The van der Waals surface area contributed by atoms with Crippen LogP contribution >= 0.6 is 11.3 Å². The number of rotatable bonds is 0. The lowest BCUT2D eigenvalue weighted by Gasteiger charge is -2.02. The number of para-hydroxylation sites is 1. The fraction of sp³-hybridized carbons (Fsp3) is 0.0833. The third-order valence-corrected chi connectivity index (χ3v) is 6.24. The lowest BCUT2D eigenvalue weighted by molar-refractivity contribution is 1.50. The number of nitrogens with one attached hydrogen (secondary N) is 1. The van der Waals surface area contributed by atoms with Crippen molar-refractivity contribution in [2.45, 2.75) is 13.8 Å². The molecule has 0 aliphatic heterocycles. The maximum absolute atomic E-state index is 3.62. The van der Waals surface area contributed by atoms with Gasteiger partial charge < -0.3 is 4.98 Å². The quantitative estimate of drug-likeness (QED) is 0.286. The van der Waals surface area contributed by atoms with Crippen LogP contribution in [0.25, 0.3) is 52.8 Å². The summed E-state index contributed by atoms with van der Waals surface area (Å²) in [5, 5.41) is 7.97. The third-order valence-electron chi connectivity index (χ3n) is 5.02. The van der Waals surface area contributed by atoms with E-state index in [0.717, 1.165) is 0 Å². The summed E-state index contributed by atoms with van der Waals surface area (Å²) in [6, 6.07) is 26.3. The standard InChI is InChI=1S/C22H13NS.C2H6/c1-3-7-19-13(5-1)15-9-12-18-16(21(15)23-19)10-11-17-14-6-2-4-8-20(14)24-22(17)18;1-2/h1-12,23H;1-2H3. The van der Waals surface area contributed by atoms with Crippen molar-refractivity contribution in [2.24, 2.45) is 0 Å². The van der Waals surface area contributed by atoms with Gasteiger partial charge in [0.05, 0.1) is 5.52 Å².